The van der Waals surface area contributed by atoms with E-state index in [4.69, 9.17) is 16.1 Å². The van der Waals surface area contributed by atoms with E-state index in [0.717, 1.165) is 11.1 Å². The smallest absolute Gasteiger partial charge is 0.159 e. The Morgan fingerprint density at radius 3 is 2.41 bits per heavy atom. The van der Waals surface area contributed by atoms with Crippen LogP contribution in [0.3, 0.4) is 0 Å². The molecular formula is C15H12ClN3O2S. The fourth-order valence-corrected chi connectivity index (χ4v) is 3.12. The van der Waals surface area contributed by atoms with E-state index >= 15 is 0 Å². The Kier molecular flexibility index (Phi) is 4.60. The summed E-state index contributed by atoms with van der Waals surface area (Å²) in [7, 11) is -1.07. The van der Waals surface area contributed by atoms with Crippen LogP contribution in [-0.2, 0) is 22.3 Å². The van der Waals surface area contributed by atoms with Gasteiger partial charge in [0.25, 0.3) is 0 Å². The molecule has 0 fully saturated rings. The first-order valence-electron chi connectivity index (χ1n) is 6.52. The van der Waals surface area contributed by atoms with Crippen molar-refractivity contribution in [3.63, 3.8) is 0 Å². The number of benzene rings is 1. The van der Waals surface area contributed by atoms with Crippen molar-refractivity contribution in [3.05, 3.63) is 65.3 Å². The number of nitrogens with zero attached hydrogens (tertiary/aromatic N) is 3. The van der Waals surface area contributed by atoms with Crippen molar-refractivity contribution in [1.29, 1.82) is 0 Å². The standard InChI is InChI=1S/C15H12ClN3O2S/c16-13-3-1-12(2-4-13)15-17-7-11(8-18-15)9-22(20)10-14-5-6-21-19-14/h1-8H,9-10H2/t22-/m0/s1. The number of hydrogen-bond acceptors (Lipinski definition) is 5. The summed E-state index contributed by atoms with van der Waals surface area (Å²) in [6, 6.07) is 9.01. The van der Waals surface area contributed by atoms with E-state index in [-0.39, 0.29) is 0 Å². The molecule has 22 heavy (non-hydrogen) atoms. The Morgan fingerprint density at radius 2 is 1.77 bits per heavy atom. The highest BCUT2D eigenvalue weighted by Gasteiger charge is 2.07. The van der Waals surface area contributed by atoms with Gasteiger partial charge < -0.3 is 4.52 Å². The maximum Gasteiger partial charge on any atom is 0.159 e. The summed E-state index contributed by atoms with van der Waals surface area (Å²) in [6.45, 7) is 0. The van der Waals surface area contributed by atoms with Crippen LogP contribution in [0.15, 0.2) is 53.5 Å². The molecule has 1 aromatic carbocycles. The molecule has 2 aromatic heterocycles. The van der Waals surface area contributed by atoms with E-state index in [2.05, 4.69) is 15.1 Å². The van der Waals surface area contributed by atoms with E-state index < -0.39 is 10.8 Å². The molecule has 7 heteroatoms. The summed E-state index contributed by atoms with van der Waals surface area (Å²) in [5.74, 6) is 1.35. The van der Waals surface area contributed by atoms with Gasteiger partial charge >= 0.3 is 0 Å². The summed E-state index contributed by atoms with van der Waals surface area (Å²) in [6.07, 6.45) is 4.85. The van der Waals surface area contributed by atoms with Gasteiger partial charge in [0.2, 0.25) is 0 Å². The van der Waals surface area contributed by atoms with Gasteiger partial charge in [0, 0.05) is 45.4 Å². The van der Waals surface area contributed by atoms with Crippen molar-refractivity contribution in [2.24, 2.45) is 0 Å². The largest absolute Gasteiger partial charge is 0.364 e. The molecule has 0 saturated heterocycles. The van der Waals surface area contributed by atoms with Crippen LogP contribution in [0.4, 0.5) is 0 Å². The lowest BCUT2D eigenvalue weighted by molar-refractivity contribution is 0.414. The molecule has 0 aliphatic heterocycles. The Bertz CT molecular complexity index is 758. The van der Waals surface area contributed by atoms with E-state index in [1.165, 1.54) is 6.26 Å². The van der Waals surface area contributed by atoms with Gasteiger partial charge in [-0.2, -0.15) is 0 Å². The molecule has 2 heterocycles. The first-order valence-corrected chi connectivity index (χ1v) is 8.38. The molecule has 0 saturated carbocycles. The molecule has 0 spiro atoms. The zero-order chi connectivity index (χ0) is 15.4. The van der Waals surface area contributed by atoms with Gasteiger partial charge in [-0.15, -0.1) is 0 Å². The normalized spacial score (nSPS) is 12.2. The van der Waals surface area contributed by atoms with E-state index in [1.54, 1.807) is 30.6 Å². The number of hydrogen-bond donors (Lipinski definition) is 0. The van der Waals surface area contributed by atoms with Gasteiger partial charge in [-0.05, 0) is 24.3 Å². The van der Waals surface area contributed by atoms with Crippen molar-refractivity contribution in [2.45, 2.75) is 11.5 Å². The van der Waals surface area contributed by atoms with Crippen LogP contribution in [0.25, 0.3) is 11.4 Å². The minimum absolute atomic E-state index is 0.357. The van der Waals surface area contributed by atoms with Gasteiger partial charge in [-0.1, -0.05) is 16.8 Å². The monoisotopic (exact) mass is 333 g/mol. The Labute approximate surface area is 134 Å². The molecule has 5 nitrogen and oxygen atoms in total. The molecule has 3 aromatic rings. The second-order valence-corrected chi connectivity index (χ2v) is 6.53. The van der Waals surface area contributed by atoms with Crippen LogP contribution < -0.4 is 0 Å². The van der Waals surface area contributed by atoms with Crippen LogP contribution in [0, 0.1) is 0 Å². The Hall–Kier alpha value is -2.05. The van der Waals surface area contributed by atoms with Gasteiger partial charge in [-0.3, -0.25) is 4.21 Å². The molecule has 112 valence electrons. The summed E-state index contributed by atoms with van der Waals surface area (Å²) >= 11 is 5.85. The first-order chi connectivity index (χ1) is 10.7. The van der Waals surface area contributed by atoms with E-state index in [0.29, 0.717) is 28.0 Å². The van der Waals surface area contributed by atoms with Crippen LogP contribution >= 0.6 is 11.6 Å². The average Bonchev–Trinajstić information content (AvgIpc) is 3.02. The lowest BCUT2D eigenvalue weighted by atomic mass is 10.2. The highest BCUT2D eigenvalue weighted by Crippen LogP contribution is 2.18. The predicted molar refractivity (Wildman–Crippen MR) is 84.5 cm³/mol. The summed E-state index contributed by atoms with van der Waals surface area (Å²) in [5, 5.41) is 4.42. The highest BCUT2D eigenvalue weighted by atomic mass is 35.5. The number of rotatable bonds is 5. The van der Waals surface area contributed by atoms with Crippen LogP contribution in [0.5, 0.6) is 0 Å². The van der Waals surface area contributed by atoms with Crippen molar-refractivity contribution in [1.82, 2.24) is 15.1 Å². The van der Waals surface area contributed by atoms with Crippen LogP contribution in [0.2, 0.25) is 5.02 Å². The quantitative estimate of drug-likeness (QED) is 0.717. The number of halogens is 1. The lowest BCUT2D eigenvalue weighted by Crippen LogP contribution is -2.01. The molecule has 0 amide bonds. The predicted octanol–water partition coefficient (Wildman–Crippen LogP) is 3.23. The summed E-state index contributed by atoms with van der Waals surface area (Å²) < 4.78 is 16.8. The van der Waals surface area contributed by atoms with Crippen LogP contribution in [-0.4, -0.2) is 19.3 Å². The molecule has 3 rings (SSSR count). The molecule has 0 radical (unpaired) electrons. The van der Waals surface area contributed by atoms with E-state index in [9.17, 15) is 4.21 Å². The fourth-order valence-electron chi connectivity index (χ4n) is 1.89. The molecule has 0 unspecified atom stereocenters. The van der Waals surface area contributed by atoms with E-state index in [1.807, 2.05) is 12.1 Å². The van der Waals surface area contributed by atoms with Gasteiger partial charge in [-0.25, -0.2) is 9.97 Å². The molecule has 0 aliphatic carbocycles. The maximum atomic E-state index is 12.0. The number of aromatic nitrogens is 3. The maximum absolute atomic E-state index is 12.0. The zero-order valence-electron chi connectivity index (χ0n) is 11.5. The minimum atomic E-state index is -1.07. The second kappa shape index (κ2) is 6.81. The van der Waals surface area contributed by atoms with Gasteiger partial charge in [0.1, 0.15) is 6.26 Å². The molecule has 0 bridgehead atoms. The third-order valence-corrected chi connectivity index (χ3v) is 4.46. The average molecular weight is 334 g/mol. The Morgan fingerprint density at radius 1 is 1.05 bits per heavy atom. The van der Waals surface area contributed by atoms with Crippen molar-refractivity contribution >= 4 is 22.4 Å². The molecule has 0 N–H and O–H groups in total. The van der Waals surface area contributed by atoms with Crippen molar-refractivity contribution in [2.75, 3.05) is 0 Å². The topological polar surface area (TPSA) is 68.9 Å². The fraction of sp³-hybridized carbons (Fsp3) is 0.133. The zero-order valence-corrected chi connectivity index (χ0v) is 13.0. The third kappa shape index (κ3) is 3.78. The molecule has 1 atom stereocenters. The minimum Gasteiger partial charge on any atom is -0.364 e. The van der Waals surface area contributed by atoms with Crippen molar-refractivity contribution < 1.29 is 8.73 Å². The molecular weight excluding hydrogens is 322 g/mol. The Balaban J connectivity index is 1.66. The second-order valence-electron chi connectivity index (χ2n) is 4.64. The van der Waals surface area contributed by atoms with Crippen molar-refractivity contribution in [3.8, 4) is 11.4 Å². The highest BCUT2D eigenvalue weighted by molar-refractivity contribution is 7.83. The SMILES string of the molecule is O=[S@@](Cc1cnc(-c2ccc(Cl)cc2)nc1)Cc1ccon1. The molecule has 0 aliphatic rings. The third-order valence-electron chi connectivity index (χ3n) is 2.94. The van der Waals surface area contributed by atoms with Gasteiger partial charge in [0.15, 0.2) is 5.82 Å². The lowest BCUT2D eigenvalue weighted by Gasteiger charge is -2.03. The summed E-state index contributed by atoms with van der Waals surface area (Å²) in [5.41, 5.74) is 2.39. The van der Waals surface area contributed by atoms with Crippen LogP contribution in [0.1, 0.15) is 11.3 Å². The first kappa shape index (κ1) is 14.9. The van der Waals surface area contributed by atoms with Gasteiger partial charge in [0.05, 0.1) is 17.2 Å². The summed E-state index contributed by atoms with van der Waals surface area (Å²) in [4.78, 5) is 8.61.